The molecule has 0 radical (unpaired) electrons. The maximum absolute atomic E-state index is 6.11. The molecular formula is C15H17Cl2NO. The van der Waals surface area contributed by atoms with Gasteiger partial charge in [-0.3, -0.25) is 0 Å². The molecule has 1 aromatic heterocycles. The van der Waals surface area contributed by atoms with Gasteiger partial charge in [-0.15, -0.1) is 19.0 Å². The van der Waals surface area contributed by atoms with E-state index in [9.17, 15) is 0 Å². The van der Waals surface area contributed by atoms with E-state index in [1.165, 1.54) is 0 Å². The highest BCUT2D eigenvalue weighted by Crippen LogP contribution is 2.26. The number of nitrogens with one attached hydrogen (secondary N) is 1. The molecule has 2 nitrogen and oxygen atoms in total. The van der Waals surface area contributed by atoms with E-state index in [4.69, 9.17) is 16.0 Å². The van der Waals surface area contributed by atoms with Crippen LogP contribution >= 0.6 is 24.0 Å². The van der Waals surface area contributed by atoms with Crippen molar-refractivity contribution in [2.75, 3.05) is 6.54 Å². The van der Waals surface area contributed by atoms with Gasteiger partial charge in [0.1, 0.15) is 11.5 Å². The van der Waals surface area contributed by atoms with Crippen molar-refractivity contribution in [1.82, 2.24) is 5.32 Å². The minimum Gasteiger partial charge on any atom is -0.460 e. The monoisotopic (exact) mass is 297 g/mol. The largest absolute Gasteiger partial charge is 0.460 e. The summed E-state index contributed by atoms with van der Waals surface area (Å²) >= 11 is 6.11. The highest BCUT2D eigenvalue weighted by Gasteiger charge is 2.06. The van der Waals surface area contributed by atoms with Gasteiger partial charge in [0.25, 0.3) is 0 Å². The van der Waals surface area contributed by atoms with Crippen LogP contribution in [0.15, 0.2) is 47.4 Å². The molecule has 0 saturated carbocycles. The van der Waals surface area contributed by atoms with Gasteiger partial charge in [-0.1, -0.05) is 29.8 Å². The van der Waals surface area contributed by atoms with Crippen LogP contribution in [0.1, 0.15) is 11.3 Å². The van der Waals surface area contributed by atoms with Gasteiger partial charge in [-0.05, 0) is 30.7 Å². The zero-order chi connectivity index (χ0) is 13.0. The molecule has 2 rings (SSSR count). The predicted octanol–water partition coefficient (Wildman–Crippen LogP) is 4.61. The Kier molecular flexibility index (Phi) is 6.16. The Hall–Kier alpha value is -1.22. The lowest BCUT2D eigenvalue weighted by atomic mass is 10.1. The van der Waals surface area contributed by atoms with Gasteiger partial charge >= 0.3 is 0 Å². The third kappa shape index (κ3) is 4.13. The molecule has 2 aromatic rings. The minimum atomic E-state index is 0. The summed E-state index contributed by atoms with van der Waals surface area (Å²) < 4.78 is 5.76. The van der Waals surface area contributed by atoms with E-state index in [-0.39, 0.29) is 12.4 Å². The van der Waals surface area contributed by atoms with Gasteiger partial charge in [-0.2, -0.15) is 0 Å². The standard InChI is InChI=1S/C15H16ClNO.ClH/c1-3-8-17-10-13-6-7-15(18-13)12-5-4-11(2)14(16)9-12;/h3-7,9,17H,1,8,10H2,2H3;1H. The third-order valence-electron chi connectivity index (χ3n) is 2.71. The molecule has 0 unspecified atom stereocenters. The average Bonchev–Trinajstić information content (AvgIpc) is 2.82. The van der Waals surface area contributed by atoms with Crippen LogP contribution in [0.25, 0.3) is 11.3 Å². The average molecular weight is 298 g/mol. The normalized spacial score (nSPS) is 10.0. The molecule has 0 spiro atoms. The van der Waals surface area contributed by atoms with Gasteiger partial charge in [-0.25, -0.2) is 0 Å². The summed E-state index contributed by atoms with van der Waals surface area (Å²) in [5.41, 5.74) is 2.07. The Morgan fingerprint density at radius 2 is 2.11 bits per heavy atom. The molecule has 0 saturated heterocycles. The number of furan rings is 1. The molecule has 0 aliphatic rings. The molecule has 0 aliphatic heterocycles. The van der Waals surface area contributed by atoms with Crippen molar-refractivity contribution in [2.45, 2.75) is 13.5 Å². The smallest absolute Gasteiger partial charge is 0.134 e. The fourth-order valence-corrected chi connectivity index (χ4v) is 1.85. The number of hydrogen-bond donors (Lipinski definition) is 1. The second kappa shape index (κ2) is 7.39. The fourth-order valence-electron chi connectivity index (χ4n) is 1.67. The lowest BCUT2D eigenvalue weighted by molar-refractivity contribution is 0.502. The van der Waals surface area contributed by atoms with Gasteiger partial charge in [0.15, 0.2) is 0 Å². The Morgan fingerprint density at radius 1 is 1.32 bits per heavy atom. The SMILES string of the molecule is C=CCNCc1ccc(-c2ccc(C)c(Cl)c2)o1.Cl. The van der Waals surface area contributed by atoms with Crippen molar-refractivity contribution in [3.05, 3.63) is 59.3 Å². The summed E-state index contributed by atoms with van der Waals surface area (Å²) in [5, 5.41) is 3.96. The van der Waals surface area contributed by atoms with E-state index in [0.717, 1.165) is 34.2 Å². The number of benzene rings is 1. The molecule has 0 aliphatic carbocycles. The van der Waals surface area contributed by atoms with Crippen molar-refractivity contribution >= 4 is 24.0 Å². The predicted molar refractivity (Wildman–Crippen MR) is 83.0 cm³/mol. The van der Waals surface area contributed by atoms with Crippen molar-refractivity contribution in [3.8, 4) is 11.3 Å². The molecular weight excluding hydrogens is 281 g/mol. The molecule has 19 heavy (non-hydrogen) atoms. The lowest BCUT2D eigenvalue weighted by Gasteiger charge is -2.01. The molecule has 1 N–H and O–H groups in total. The minimum absolute atomic E-state index is 0. The van der Waals surface area contributed by atoms with Crippen LogP contribution in [0, 0.1) is 6.92 Å². The van der Waals surface area contributed by atoms with E-state index >= 15 is 0 Å². The first kappa shape index (κ1) is 15.8. The quantitative estimate of drug-likeness (QED) is 0.644. The first-order valence-corrected chi connectivity index (χ1v) is 6.25. The Balaban J connectivity index is 0.00000180. The number of halogens is 2. The zero-order valence-corrected chi connectivity index (χ0v) is 12.4. The Labute approximate surface area is 124 Å². The maximum atomic E-state index is 6.11. The summed E-state index contributed by atoms with van der Waals surface area (Å²) in [6, 6.07) is 9.87. The molecule has 0 fully saturated rings. The van der Waals surface area contributed by atoms with Crippen LogP contribution in [0.2, 0.25) is 5.02 Å². The molecule has 1 aromatic carbocycles. The summed E-state index contributed by atoms with van der Waals surface area (Å²) in [6.45, 7) is 7.11. The first-order chi connectivity index (χ1) is 8.70. The van der Waals surface area contributed by atoms with Crippen molar-refractivity contribution in [1.29, 1.82) is 0 Å². The summed E-state index contributed by atoms with van der Waals surface area (Å²) in [4.78, 5) is 0. The second-order valence-electron chi connectivity index (χ2n) is 4.15. The van der Waals surface area contributed by atoms with E-state index in [2.05, 4.69) is 11.9 Å². The van der Waals surface area contributed by atoms with Crippen molar-refractivity contribution < 1.29 is 4.42 Å². The molecule has 4 heteroatoms. The van der Waals surface area contributed by atoms with Crippen LogP contribution < -0.4 is 5.32 Å². The van der Waals surface area contributed by atoms with E-state index in [1.807, 2.05) is 43.3 Å². The van der Waals surface area contributed by atoms with Gasteiger partial charge in [0.05, 0.1) is 6.54 Å². The van der Waals surface area contributed by atoms with Gasteiger partial charge < -0.3 is 9.73 Å². The molecule has 102 valence electrons. The third-order valence-corrected chi connectivity index (χ3v) is 3.11. The topological polar surface area (TPSA) is 25.2 Å². The van der Waals surface area contributed by atoms with Crippen molar-refractivity contribution in [2.24, 2.45) is 0 Å². The number of rotatable bonds is 5. The molecule has 0 atom stereocenters. The van der Waals surface area contributed by atoms with E-state index < -0.39 is 0 Å². The zero-order valence-electron chi connectivity index (χ0n) is 10.8. The molecule has 0 bridgehead atoms. The second-order valence-corrected chi connectivity index (χ2v) is 4.56. The van der Waals surface area contributed by atoms with Crippen LogP contribution in [0.4, 0.5) is 0 Å². The molecule has 0 amide bonds. The van der Waals surface area contributed by atoms with Crippen LogP contribution in [0.3, 0.4) is 0 Å². The van der Waals surface area contributed by atoms with Gasteiger partial charge in [0, 0.05) is 17.1 Å². The van der Waals surface area contributed by atoms with E-state index in [0.29, 0.717) is 6.54 Å². The highest BCUT2D eigenvalue weighted by atomic mass is 35.5. The number of hydrogen-bond acceptors (Lipinski definition) is 2. The maximum Gasteiger partial charge on any atom is 0.134 e. The Bertz CT molecular complexity index is 549. The lowest BCUT2D eigenvalue weighted by Crippen LogP contribution is -2.11. The molecule has 1 heterocycles. The van der Waals surface area contributed by atoms with Crippen LogP contribution in [-0.2, 0) is 6.54 Å². The fraction of sp³-hybridized carbons (Fsp3) is 0.200. The van der Waals surface area contributed by atoms with Crippen LogP contribution in [-0.4, -0.2) is 6.54 Å². The Morgan fingerprint density at radius 3 is 2.79 bits per heavy atom. The summed E-state index contributed by atoms with van der Waals surface area (Å²) in [6.07, 6.45) is 1.82. The van der Waals surface area contributed by atoms with E-state index in [1.54, 1.807) is 0 Å². The summed E-state index contributed by atoms with van der Waals surface area (Å²) in [5.74, 6) is 1.75. The van der Waals surface area contributed by atoms with Gasteiger partial charge in [0.2, 0.25) is 0 Å². The van der Waals surface area contributed by atoms with Crippen molar-refractivity contribution in [3.63, 3.8) is 0 Å². The summed E-state index contributed by atoms with van der Waals surface area (Å²) in [7, 11) is 0. The first-order valence-electron chi connectivity index (χ1n) is 5.87. The highest BCUT2D eigenvalue weighted by molar-refractivity contribution is 6.31. The van der Waals surface area contributed by atoms with Crippen LogP contribution in [0.5, 0.6) is 0 Å². The number of aryl methyl sites for hydroxylation is 1.